The molecule has 2 heterocycles. The number of thiophene rings is 1. The third kappa shape index (κ3) is 2.80. The Kier molecular flexibility index (Phi) is 3.92. The van der Waals surface area contributed by atoms with E-state index in [4.69, 9.17) is 16.3 Å². The van der Waals surface area contributed by atoms with E-state index >= 15 is 0 Å². The molecule has 20 heavy (non-hydrogen) atoms. The quantitative estimate of drug-likeness (QED) is 0.575. The number of hydrogen-bond donors (Lipinski definition) is 0. The smallest absolute Gasteiger partial charge is 0.232 e. The molecule has 0 aliphatic rings. The number of nitrogens with zero attached hydrogens (tertiary/aromatic N) is 2. The molecule has 3 nitrogen and oxygen atoms in total. The van der Waals surface area contributed by atoms with Gasteiger partial charge < -0.3 is 4.74 Å². The van der Waals surface area contributed by atoms with Crippen LogP contribution in [0.1, 0.15) is 11.8 Å². The van der Waals surface area contributed by atoms with E-state index in [0.29, 0.717) is 11.6 Å². The van der Waals surface area contributed by atoms with E-state index in [9.17, 15) is 0 Å². The number of halogens is 2. The molecule has 0 N–H and O–H groups in total. The second-order valence-electron chi connectivity index (χ2n) is 4.14. The highest BCUT2D eigenvalue weighted by atomic mass is 79.9. The highest BCUT2D eigenvalue weighted by Crippen LogP contribution is 2.34. The third-order valence-electron chi connectivity index (χ3n) is 2.74. The zero-order chi connectivity index (χ0) is 14.1. The van der Waals surface area contributed by atoms with Crippen LogP contribution in [0.15, 0.2) is 34.8 Å². The highest BCUT2D eigenvalue weighted by molar-refractivity contribution is 9.10. The van der Waals surface area contributed by atoms with Crippen LogP contribution in [0.3, 0.4) is 0 Å². The summed E-state index contributed by atoms with van der Waals surface area (Å²) in [6, 6.07) is 9.66. The Morgan fingerprint density at radius 2 is 2.15 bits per heavy atom. The van der Waals surface area contributed by atoms with E-state index < -0.39 is 0 Å². The predicted octanol–water partition coefficient (Wildman–Crippen LogP) is 5.46. The van der Waals surface area contributed by atoms with Gasteiger partial charge in [-0.05, 0) is 42.3 Å². The van der Waals surface area contributed by atoms with Crippen molar-refractivity contribution in [1.29, 1.82) is 0 Å². The first-order valence-corrected chi connectivity index (χ1v) is 8.04. The second kappa shape index (κ2) is 5.68. The van der Waals surface area contributed by atoms with Crippen LogP contribution < -0.4 is 4.74 Å². The van der Waals surface area contributed by atoms with Gasteiger partial charge in [-0.3, -0.25) is 0 Å². The molecule has 0 radical (unpaired) electrons. The van der Waals surface area contributed by atoms with Gasteiger partial charge in [0, 0.05) is 9.35 Å². The lowest BCUT2D eigenvalue weighted by Crippen LogP contribution is -1.91. The first kappa shape index (κ1) is 13.8. The van der Waals surface area contributed by atoms with Crippen molar-refractivity contribution in [2.45, 2.75) is 13.3 Å². The van der Waals surface area contributed by atoms with Crippen molar-refractivity contribution < 1.29 is 4.74 Å². The van der Waals surface area contributed by atoms with Gasteiger partial charge in [0.05, 0.1) is 5.39 Å². The van der Waals surface area contributed by atoms with Crippen LogP contribution in [0.5, 0.6) is 11.6 Å². The fourth-order valence-electron chi connectivity index (χ4n) is 1.81. The molecule has 0 aliphatic heterocycles. The van der Waals surface area contributed by atoms with Crippen molar-refractivity contribution in [2.24, 2.45) is 0 Å². The molecule has 2 aromatic heterocycles. The van der Waals surface area contributed by atoms with Crippen molar-refractivity contribution >= 4 is 49.1 Å². The Morgan fingerprint density at radius 3 is 2.90 bits per heavy atom. The molecular weight excluding hydrogens is 360 g/mol. The summed E-state index contributed by atoms with van der Waals surface area (Å²) in [6.07, 6.45) is 0.953. The van der Waals surface area contributed by atoms with E-state index in [-0.39, 0.29) is 5.28 Å². The van der Waals surface area contributed by atoms with Gasteiger partial charge in [0.25, 0.3) is 0 Å². The van der Waals surface area contributed by atoms with Gasteiger partial charge in [0.15, 0.2) is 0 Å². The maximum Gasteiger partial charge on any atom is 0.232 e. The fraction of sp³-hybridized carbons (Fsp3) is 0.143. The first-order valence-electron chi connectivity index (χ1n) is 6.05. The molecule has 3 rings (SSSR count). The number of rotatable bonds is 3. The Labute approximate surface area is 133 Å². The van der Waals surface area contributed by atoms with Crippen LogP contribution in [0.2, 0.25) is 5.28 Å². The number of fused-ring (bicyclic) bond motifs is 1. The number of aromatic nitrogens is 2. The molecule has 0 spiro atoms. The Bertz CT molecular complexity index is 775. The minimum absolute atomic E-state index is 0.201. The molecule has 102 valence electrons. The van der Waals surface area contributed by atoms with Crippen LogP contribution >= 0.6 is 38.9 Å². The van der Waals surface area contributed by atoms with Gasteiger partial charge in [-0.2, -0.15) is 4.98 Å². The van der Waals surface area contributed by atoms with E-state index in [2.05, 4.69) is 38.9 Å². The van der Waals surface area contributed by atoms with E-state index in [1.807, 2.05) is 24.3 Å². The van der Waals surface area contributed by atoms with E-state index in [1.54, 1.807) is 11.3 Å². The molecule has 0 amide bonds. The maximum absolute atomic E-state index is 5.97. The molecule has 0 bridgehead atoms. The topological polar surface area (TPSA) is 35.0 Å². The molecule has 0 fully saturated rings. The standard InChI is InChI=1S/C14H10BrClN2OS/c1-2-10-7-11-12(17-14(16)18-13(11)20-10)19-9-5-3-4-8(15)6-9/h3-7H,2H2,1H3. The average molecular weight is 370 g/mol. The van der Waals surface area contributed by atoms with Gasteiger partial charge in [0.2, 0.25) is 11.2 Å². The summed E-state index contributed by atoms with van der Waals surface area (Å²) in [5, 5.41) is 1.10. The predicted molar refractivity (Wildman–Crippen MR) is 86.0 cm³/mol. The van der Waals surface area contributed by atoms with E-state index in [1.165, 1.54) is 4.88 Å². The summed E-state index contributed by atoms with van der Waals surface area (Å²) >= 11 is 11.0. The van der Waals surface area contributed by atoms with Crippen LogP contribution in [0, 0.1) is 0 Å². The van der Waals surface area contributed by atoms with Gasteiger partial charge >= 0.3 is 0 Å². The van der Waals surface area contributed by atoms with Crippen LogP contribution in [-0.4, -0.2) is 9.97 Å². The van der Waals surface area contributed by atoms with Crippen LogP contribution in [0.4, 0.5) is 0 Å². The van der Waals surface area contributed by atoms with Crippen molar-refractivity contribution in [3.63, 3.8) is 0 Å². The molecule has 0 atom stereocenters. The highest BCUT2D eigenvalue weighted by Gasteiger charge is 2.12. The van der Waals surface area contributed by atoms with Gasteiger partial charge in [-0.25, -0.2) is 4.98 Å². The molecule has 3 aromatic rings. The maximum atomic E-state index is 5.97. The van der Waals surface area contributed by atoms with Crippen molar-refractivity contribution in [3.05, 3.63) is 45.0 Å². The first-order chi connectivity index (χ1) is 9.65. The minimum atomic E-state index is 0.201. The Morgan fingerprint density at radius 1 is 1.30 bits per heavy atom. The zero-order valence-corrected chi connectivity index (χ0v) is 13.7. The Hall–Kier alpha value is -1.17. The summed E-state index contributed by atoms with van der Waals surface area (Å²) in [4.78, 5) is 10.5. The normalized spacial score (nSPS) is 10.9. The molecule has 0 aliphatic carbocycles. The third-order valence-corrected chi connectivity index (χ3v) is 4.58. The van der Waals surface area contributed by atoms with Crippen molar-refractivity contribution in [1.82, 2.24) is 9.97 Å². The summed E-state index contributed by atoms with van der Waals surface area (Å²) in [5.41, 5.74) is 0. The molecule has 1 aromatic carbocycles. The zero-order valence-electron chi connectivity index (χ0n) is 10.6. The molecule has 6 heteroatoms. The van der Waals surface area contributed by atoms with Crippen molar-refractivity contribution in [2.75, 3.05) is 0 Å². The lowest BCUT2D eigenvalue weighted by Gasteiger charge is -2.06. The summed E-state index contributed by atoms with van der Waals surface area (Å²) in [7, 11) is 0. The van der Waals surface area contributed by atoms with E-state index in [0.717, 1.165) is 21.1 Å². The van der Waals surface area contributed by atoms with Gasteiger partial charge in [0.1, 0.15) is 10.6 Å². The SMILES string of the molecule is CCc1cc2c(Oc3cccc(Br)c3)nc(Cl)nc2s1. The van der Waals surface area contributed by atoms with Crippen molar-refractivity contribution in [3.8, 4) is 11.6 Å². The summed E-state index contributed by atoms with van der Waals surface area (Å²) < 4.78 is 6.80. The number of benzene rings is 1. The largest absolute Gasteiger partial charge is 0.438 e. The van der Waals surface area contributed by atoms with Gasteiger partial charge in [-0.15, -0.1) is 11.3 Å². The average Bonchev–Trinajstić information content (AvgIpc) is 2.82. The Balaban J connectivity index is 2.08. The number of ether oxygens (including phenoxy) is 1. The summed E-state index contributed by atoms with van der Waals surface area (Å²) in [6.45, 7) is 2.11. The van der Waals surface area contributed by atoms with Crippen LogP contribution in [0.25, 0.3) is 10.2 Å². The lowest BCUT2D eigenvalue weighted by atomic mass is 10.3. The molecule has 0 saturated heterocycles. The monoisotopic (exact) mass is 368 g/mol. The lowest BCUT2D eigenvalue weighted by molar-refractivity contribution is 0.468. The number of aryl methyl sites for hydroxylation is 1. The summed E-state index contributed by atoms with van der Waals surface area (Å²) in [5.74, 6) is 1.20. The molecular formula is C14H10BrClN2OS. The molecule has 0 unspecified atom stereocenters. The fourth-order valence-corrected chi connectivity index (χ4v) is 3.36. The number of hydrogen-bond acceptors (Lipinski definition) is 4. The second-order valence-corrected chi connectivity index (χ2v) is 6.51. The van der Waals surface area contributed by atoms with Crippen LogP contribution in [-0.2, 0) is 6.42 Å². The minimum Gasteiger partial charge on any atom is -0.438 e. The van der Waals surface area contributed by atoms with Gasteiger partial charge in [-0.1, -0.05) is 28.9 Å². The molecule has 0 saturated carbocycles.